The molecule has 0 aliphatic heterocycles. The molecule has 0 aromatic heterocycles. The first-order valence-corrected chi connectivity index (χ1v) is 32.6. The van der Waals surface area contributed by atoms with Crippen LogP contribution in [0.4, 0.5) is 11.4 Å². The highest BCUT2D eigenvalue weighted by Crippen LogP contribution is 2.57. The van der Waals surface area contributed by atoms with E-state index in [0.29, 0.717) is 5.69 Å². The van der Waals surface area contributed by atoms with Crippen LogP contribution < -0.4 is 5.32 Å². The van der Waals surface area contributed by atoms with Crippen molar-refractivity contribution in [2.24, 2.45) is 0 Å². The molecule has 86 heavy (non-hydrogen) atoms. The van der Waals surface area contributed by atoms with Crippen molar-refractivity contribution in [2.45, 2.75) is 155 Å². The minimum absolute atomic E-state index is 0.0571. The molecule has 0 atom stereocenters. The Bertz CT molecular complexity index is 4120. The molecule has 13 rings (SSSR count). The summed E-state index contributed by atoms with van der Waals surface area (Å²) >= 11 is 0. The van der Waals surface area contributed by atoms with Crippen LogP contribution in [-0.4, -0.2) is 5.11 Å². The molecule has 0 saturated carbocycles. The number of benzene rings is 10. The Kier molecular flexibility index (Phi) is 15.6. The number of aromatic hydroxyl groups is 1. The van der Waals surface area contributed by atoms with Crippen LogP contribution in [-0.2, 0) is 16.2 Å². The van der Waals surface area contributed by atoms with Crippen LogP contribution in [0.2, 0.25) is 0 Å². The van der Waals surface area contributed by atoms with Crippen LogP contribution in [0.1, 0.15) is 170 Å². The summed E-state index contributed by atoms with van der Waals surface area (Å²) in [6.07, 6.45) is 18.4. The average molecular weight is 1120 g/mol. The highest BCUT2D eigenvalue weighted by atomic mass is 16.3. The summed E-state index contributed by atoms with van der Waals surface area (Å²) in [6, 6.07) is 77.2. The maximum Gasteiger partial charge on any atom is 0.139 e. The lowest BCUT2D eigenvalue weighted by Crippen LogP contribution is -2.25. The van der Waals surface area contributed by atoms with E-state index in [1.165, 1.54) is 173 Å². The van der Waals surface area contributed by atoms with Gasteiger partial charge in [-0.05, 0) is 197 Å². The summed E-state index contributed by atoms with van der Waals surface area (Å²) < 4.78 is 0. The molecule has 0 fully saturated rings. The molecule has 0 radical (unpaired) electrons. The number of fused-ring (bicyclic) bond motifs is 9. The predicted molar refractivity (Wildman–Crippen MR) is 367 cm³/mol. The number of anilines is 2. The Hall–Kier alpha value is -8.20. The van der Waals surface area contributed by atoms with Crippen molar-refractivity contribution in [1.29, 1.82) is 0 Å². The fraction of sp³-hybridized carbons (Fsp3) is 0.286. The zero-order valence-corrected chi connectivity index (χ0v) is 52.0. The topological polar surface area (TPSA) is 32.3 Å². The lowest BCUT2D eigenvalue weighted by atomic mass is 9.70. The lowest BCUT2D eigenvalue weighted by molar-refractivity contribution is 0.398. The lowest BCUT2D eigenvalue weighted by Gasteiger charge is -2.33. The van der Waals surface area contributed by atoms with Crippen LogP contribution in [0, 0.1) is 6.92 Å². The van der Waals surface area contributed by atoms with Crippen molar-refractivity contribution in [3.05, 3.63) is 245 Å². The van der Waals surface area contributed by atoms with E-state index in [9.17, 15) is 5.11 Å². The minimum atomic E-state index is -0.233. The third-order valence-corrected chi connectivity index (χ3v) is 20.3. The SMILES string of the molecule is CCCCCCCCC1(CCCCCCCC)c2ccccc2-c2ccc(-c3ccc4c(c3)C(C)(C)c3cc(-c5ccc6c(c5)C(C)(C)c5cc(-c7ccc(Nc8c(C)cc(-c9ccccc9)cc8-c8ccccc8)c(O)c7)ccc5-6)ccc3-4)cc21. The van der Waals surface area contributed by atoms with Crippen molar-refractivity contribution in [3.8, 4) is 94.8 Å². The Morgan fingerprint density at radius 3 is 1.17 bits per heavy atom. The maximum absolute atomic E-state index is 11.8. The van der Waals surface area contributed by atoms with Gasteiger partial charge < -0.3 is 10.4 Å². The zero-order chi connectivity index (χ0) is 59.2. The molecule has 0 saturated heterocycles. The van der Waals surface area contributed by atoms with E-state index in [1.54, 1.807) is 11.1 Å². The van der Waals surface area contributed by atoms with Crippen LogP contribution in [0.3, 0.4) is 0 Å². The maximum atomic E-state index is 11.8. The highest BCUT2D eigenvalue weighted by molar-refractivity contribution is 5.92. The third kappa shape index (κ3) is 10.3. The van der Waals surface area contributed by atoms with Crippen LogP contribution >= 0.6 is 0 Å². The molecule has 432 valence electrons. The molecule has 10 aromatic rings. The molecular formula is C84H85NO. The van der Waals surface area contributed by atoms with E-state index in [4.69, 9.17) is 0 Å². The van der Waals surface area contributed by atoms with Gasteiger partial charge in [0.1, 0.15) is 5.75 Å². The summed E-state index contributed by atoms with van der Waals surface area (Å²) in [5.74, 6) is 0.214. The first-order chi connectivity index (χ1) is 41.9. The van der Waals surface area contributed by atoms with Crippen LogP contribution in [0.25, 0.3) is 89.0 Å². The first-order valence-electron chi connectivity index (χ1n) is 32.6. The second kappa shape index (κ2) is 23.6. The van der Waals surface area contributed by atoms with Crippen molar-refractivity contribution in [1.82, 2.24) is 0 Å². The fourth-order valence-corrected chi connectivity index (χ4v) is 15.5. The number of nitrogens with one attached hydrogen (secondary N) is 1. The molecule has 10 aromatic carbocycles. The summed E-state index contributed by atoms with van der Waals surface area (Å²) in [5, 5.41) is 15.4. The smallest absolute Gasteiger partial charge is 0.139 e. The molecule has 0 unspecified atom stereocenters. The van der Waals surface area contributed by atoms with Gasteiger partial charge in [0, 0.05) is 27.5 Å². The molecule has 0 heterocycles. The van der Waals surface area contributed by atoms with Gasteiger partial charge in [0.2, 0.25) is 0 Å². The Balaban J connectivity index is 0.755. The van der Waals surface area contributed by atoms with Gasteiger partial charge in [0.15, 0.2) is 0 Å². The van der Waals surface area contributed by atoms with Crippen LogP contribution in [0.15, 0.2) is 206 Å². The number of aryl methyl sites for hydroxylation is 1. The van der Waals surface area contributed by atoms with Gasteiger partial charge in [-0.2, -0.15) is 0 Å². The Morgan fingerprint density at radius 2 is 0.698 bits per heavy atom. The predicted octanol–water partition coefficient (Wildman–Crippen LogP) is 24.2. The van der Waals surface area contributed by atoms with Crippen molar-refractivity contribution in [2.75, 3.05) is 5.32 Å². The van der Waals surface area contributed by atoms with Gasteiger partial charge in [0.05, 0.1) is 5.69 Å². The second-order valence-electron chi connectivity index (χ2n) is 26.5. The van der Waals surface area contributed by atoms with Gasteiger partial charge in [-0.1, -0.05) is 270 Å². The van der Waals surface area contributed by atoms with Gasteiger partial charge >= 0.3 is 0 Å². The number of hydrogen-bond acceptors (Lipinski definition) is 2. The average Bonchev–Trinajstić information content (AvgIpc) is 1.62. The quantitative estimate of drug-likeness (QED) is 0.0555. The van der Waals surface area contributed by atoms with Gasteiger partial charge in [-0.25, -0.2) is 0 Å². The standard InChI is InChI=1S/C84H85NO/c1-8-10-12-14-16-26-46-84(47-27-17-15-13-11-9-2)73-33-25-24-32-66(73)71-44-38-63(54-78(71)84)61-36-42-69-67-40-34-59(50-74(67)82(4,5)76(69)52-61)60-35-41-68-70-43-37-62(53-77(70)83(6,7)75(68)51-60)64-39-45-79(80(86)55-64)85-81-56(3)48-65(57-28-20-18-21-29-57)49-72(81)58-30-22-19-23-31-58/h18-25,28-45,48-55,85-86H,8-17,26-27,46-47H2,1-7H3. The number of phenols is 1. The number of hydrogen-bond donors (Lipinski definition) is 2. The molecule has 2 nitrogen and oxygen atoms in total. The zero-order valence-electron chi connectivity index (χ0n) is 52.0. The molecule has 3 aliphatic rings. The summed E-state index contributed by atoms with van der Waals surface area (Å²) in [4.78, 5) is 0. The Morgan fingerprint density at radius 1 is 0.314 bits per heavy atom. The van der Waals surface area contributed by atoms with Gasteiger partial charge in [-0.3, -0.25) is 0 Å². The van der Waals surface area contributed by atoms with E-state index >= 15 is 0 Å². The molecule has 2 N–H and O–H groups in total. The summed E-state index contributed by atoms with van der Waals surface area (Å²) in [7, 11) is 0. The first kappa shape index (κ1) is 56.9. The molecule has 3 aliphatic carbocycles. The van der Waals surface area contributed by atoms with E-state index in [-0.39, 0.29) is 22.0 Å². The minimum Gasteiger partial charge on any atom is -0.506 e. The molecule has 0 bridgehead atoms. The summed E-state index contributed by atoms with van der Waals surface area (Å²) in [5.41, 5.74) is 31.0. The van der Waals surface area contributed by atoms with E-state index in [0.717, 1.165) is 39.1 Å². The van der Waals surface area contributed by atoms with Crippen molar-refractivity contribution >= 4 is 11.4 Å². The largest absolute Gasteiger partial charge is 0.506 e. The van der Waals surface area contributed by atoms with Crippen LogP contribution in [0.5, 0.6) is 5.75 Å². The van der Waals surface area contributed by atoms with Gasteiger partial charge in [0.25, 0.3) is 0 Å². The number of phenolic OH excluding ortho intramolecular Hbond substituents is 1. The van der Waals surface area contributed by atoms with E-state index in [1.807, 2.05) is 12.1 Å². The monoisotopic (exact) mass is 1120 g/mol. The van der Waals surface area contributed by atoms with Crippen molar-refractivity contribution in [3.63, 3.8) is 0 Å². The normalized spacial score (nSPS) is 14.3. The second-order valence-corrected chi connectivity index (χ2v) is 26.5. The third-order valence-electron chi connectivity index (χ3n) is 20.3. The fourth-order valence-electron chi connectivity index (χ4n) is 15.5. The highest BCUT2D eigenvalue weighted by Gasteiger charge is 2.43. The van der Waals surface area contributed by atoms with Gasteiger partial charge in [-0.15, -0.1) is 0 Å². The molecular weight excluding hydrogens is 1040 g/mol. The summed E-state index contributed by atoms with van der Waals surface area (Å²) in [6.45, 7) is 16.4. The molecule has 2 heteroatoms. The van der Waals surface area contributed by atoms with E-state index in [2.05, 4.69) is 248 Å². The molecule has 0 amide bonds. The number of rotatable bonds is 21. The molecule has 0 spiro atoms. The Labute approximate surface area is 513 Å². The van der Waals surface area contributed by atoms with Crippen molar-refractivity contribution < 1.29 is 5.11 Å². The number of unbranched alkanes of at least 4 members (excludes halogenated alkanes) is 10. The van der Waals surface area contributed by atoms with E-state index < -0.39 is 0 Å².